The first-order chi connectivity index (χ1) is 8.77. The van der Waals surface area contributed by atoms with E-state index in [9.17, 15) is 0 Å². The molecule has 0 saturated heterocycles. The molecule has 2 aromatic rings. The van der Waals surface area contributed by atoms with Gasteiger partial charge in [0.25, 0.3) is 0 Å². The number of pyridine rings is 1. The molecule has 0 aliphatic rings. The standard InChI is InChI=1S/C11H15BrN6/c1-2-6-18-9(7-15-17-18)11(16-13)10-8(12)4-3-5-14-10/h3-5,7,11,16H,2,6,13H2,1H3. The molecular formula is C11H15BrN6. The van der Waals surface area contributed by atoms with Crippen LogP contribution in [0.15, 0.2) is 29.0 Å². The summed E-state index contributed by atoms with van der Waals surface area (Å²) in [7, 11) is 0. The second kappa shape index (κ2) is 6.03. The summed E-state index contributed by atoms with van der Waals surface area (Å²) >= 11 is 3.48. The maximum Gasteiger partial charge on any atom is 0.108 e. The summed E-state index contributed by atoms with van der Waals surface area (Å²) < 4.78 is 2.74. The second-order valence-electron chi connectivity index (χ2n) is 3.85. The molecule has 0 bridgehead atoms. The second-order valence-corrected chi connectivity index (χ2v) is 4.71. The largest absolute Gasteiger partial charge is 0.270 e. The van der Waals surface area contributed by atoms with Gasteiger partial charge in [-0.2, -0.15) is 0 Å². The lowest BCUT2D eigenvalue weighted by atomic mass is 10.1. The zero-order chi connectivity index (χ0) is 13.0. The molecule has 1 unspecified atom stereocenters. The predicted molar refractivity (Wildman–Crippen MR) is 71.4 cm³/mol. The number of aryl methyl sites for hydroxylation is 1. The van der Waals surface area contributed by atoms with Crippen molar-refractivity contribution in [2.45, 2.75) is 25.9 Å². The van der Waals surface area contributed by atoms with Gasteiger partial charge in [0, 0.05) is 17.2 Å². The molecule has 1 atom stereocenters. The minimum atomic E-state index is -0.234. The number of hydrogen-bond donors (Lipinski definition) is 2. The van der Waals surface area contributed by atoms with Gasteiger partial charge < -0.3 is 0 Å². The Balaban J connectivity index is 2.39. The molecule has 2 aromatic heterocycles. The lowest BCUT2D eigenvalue weighted by molar-refractivity contribution is 0.506. The quantitative estimate of drug-likeness (QED) is 0.644. The first kappa shape index (κ1) is 13.1. The highest BCUT2D eigenvalue weighted by Gasteiger charge is 2.21. The van der Waals surface area contributed by atoms with E-state index in [1.54, 1.807) is 12.4 Å². The molecule has 2 heterocycles. The normalized spacial score (nSPS) is 12.6. The number of nitrogens with two attached hydrogens (primary N) is 1. The Kier molecular flexibility index (Phi) is 4.40. The topological polar surface area (TPSA) is 81.7 Å². The van der Waals surface area contributed by atoms with Gasteiger partial charge in [0.15, 0.2) is 0 Å². The SMILES string of the molecule is CCCn1nncc1C(NN)c1ncccc1Br. The van der Waals surface area contributed by atoms with E-state index in [4.69, 9.17) is 5.84 Å². The Hall–Kier alpha value is -1.31. The van der Waals surface area contributed by atoms with E-state index in [0.29, 0.717) is 0 Å². The first-order valence-corrected chi connectivity index (χ1v) is 6.52. The molecular weight excluding hydrogens is 296 g/mol. The smallest absolute Gasteiger partial charge is 0.108 e. The van der Waals surface area contributed by atoms with Crippen molar-refractivity contribution in [3.05, 3.63) is 40.4 Å². The van der Waals surface area contributed by atoms with Crippen molar-refractivity contribution in [1.29, 1.82) is 0 Å². The van der Waals surface area contributed by atoms with Crippen molar-refractivity contribution in [3.63, 3.8) is 0 Å². The highest BCUT2D eigenvalue weighted by atomic mass is 79.9. The molecule has 0 spiro atoms. The van der Waals surface area contributed by atoms with Crippen molar-refractivity contribution in [2.75, 3.05) is 0 Å². The van der Waals surface area contributed by atoms with Crippen LogP contribution in [0.2, 0.25) is 0 Å². The Morgan fingerprint density at radius 1 is 1.56 bits per heavy atom. The number of aromatic nitrogens is 4. The van der Waals surface area contributed by atoms with Gasteiger partial charge in [0.05, 0.1) is 17.6 Å². The van der Waals surface area contributed by atoms with Crippen LogP contribution < -0.4 is 11.3 Å². The number of nitrogens with one attached hydrogen (secondary N) is 1. The molecule has 18 heavy (non-hydrogen) atoms. The van der Waals surface area contributed by atoms with Crippen molar-refractivity contribution in [2.24, 2.45) is 5.84 Å². The molecule has 0 amide bonds. The Bertz CT molecular complexity index is 512. The Morgan fingerprint density at radius 2 is 2.39 bits per heavy atom. The molecule has 0 aliphatic heterocycles. The van der Waals surface area contributed by atoms with Crippen LogP contribution in [-0.4, -0.2) is 20.0 Å². The number of nitrogens with zero attached hydrogens (tertiary/aromatic N) is 4. The van der Waals surface area contributed by atoms with Gasteiger partial charge in [-0.15, -0.1) is 5.10 Å². The summed E-state index contributed by atoms with van der Waals surface area (Å²) in [4.78, 5) is 4.35. The third kappa shape index (κ3) is 2.58. The summed E-state index contributed by atoms with van der Waals surface area (Å²) in [6.45, 7) is 2.89. The van der Waals surface area contributed by atoms with E-state index in [2.05, 4.69) is 43.6 Å². The van der Waals surface area contributed by atoms with Crippen molar-refractivity contribution in [1.82, 2.24) is 25.4 Å². The number of rotatable bonds is 5. The maximum absolute atomic E-state index is 5.65. The molecule has 0 aliphatic carbocycles. The minimum absolute atomic E-state index is 0.234. The molecule has 3 N–H and O–H groups in total. The minimum Gasteiger partial charge on any atom is -0.270 e. The molecule has 2 rings (SSSR count). The number of hydrogen-bond acceptors (Lipinski definition) is 5. The van der Waals surface area contributed by atoms with Crippen molar-refractivity contribution < 1.29 is 0 Å². The fraction of sp³-hybridized carbons (Fsp3) is 0.364. The molecule has 6 nitrogen and oxygen atoms in total. The van der Waals surface area contributed by atoms with Crippen LogP contribution in [0.1, 0.15) is 30.8 Å². The zero-order valence-electron chi connectivity index (χ0n) is 10.0. The van der Waals surface area contributed by atoms with Gasteiger partial charge in [0.1, 0.15) is 6.04 Å². The van der Waals surface area contributed by atoms with E-state index < -0.39 is 0 Å². The van der Waals surface area contributed by atoms with Crippen LogP contribution in [0, 0.1) is 0 Å². The van der Waals surface area contributed by atoms with Crippen LogP contribution in [-0.2, 0) is 6.54 Å². The number of halogens is 1. The summed E-state index contributed by atoms with van der Waals surface area (Å²) in [6, 6.07) is 3.56. The summed E-state index contributed by atoms with van der Waals surface area (Å²) in [5.41, 5.74) is 4.49. The van der Waals surface area contributed by atoms with Crippen molar-refractivity contribution >= 4 is 15.9 Å². The lowest BCUT2D eigenvalue weighted by Crippen LogP contribution is -2.31. The molecule has 0 fully saturated rings. The summed E-state index contributed by atoms with van der Waals surface area (Å²) in [5.74, 6) is 5.65. The third-order valence-electron chi connectivity index (χ3n) is 2.61. The molecule has 0 aromatic carbocycles. The van der Waals surface area contributed by atoms with E-state index in [-0.39, 0.29) is 6.04 Å². The van der Waals surface area contributed by atoms with Gasteiger partial charge in [-0.05, 0) is 34.5 Å². The van der Waals surface area contributed by atoms with Gasteiger partial charge in [-0.25, -0.2) is 10.1 Å². The van der Waals surface area contributed by atoms with Crippen molar-refractivity contribution in [3.8, 4) is 0 Å². The molecule has 96 valence electrons. The Labute approximate surface area is 114 Å². The monoisotopic (exact) mass is 310 g/mol. The van der Waals surface area contributed by atoms with E-state index in [1.807, 2.05) is 16.8 Å². The molecule has 0 radical (unpaired) electrons. The van der Waals surface area contributed by atoms with Crippen LogP contribution in [0.5, 0.6) is 0 Å². The highest BCUT2D eigenvalue weighted by molar-refractivity contribution is 9.10. The van der Waals surface area contributed by atoms with Gasteiger partial charge >= 0.3 is 0 Å². The highest BCUT2D eigenvalue weighted by Crippen LogP contribution is 2.25. The van der Waals surface area contributed by atoms with Crippen LogP contribution in [0.25, 0.3) is 0 Å². The van der Waals surface area contributed by atoms with E-state index >= 15 is 0 Å². The van der Waals surface area contributed by atoms with Crippen LogP contribution in [0.3, 0.4) is 0 Å². The summed E-state index contributed by atoms with van der Waals surface area (Å²) in [6.07, 6.45) is 4.43. The Morgan fingerprint density at radius 3 is 3.06 bits per heavy atom. The van der Waals surface area contributed by atoms with Gasteiger partial charge in [0.2, 0.25) is 0 Å². The van der Waals surface area contributed by atoms with Gasteiger partial charge in [-0.1, -0.05) is 12.1 Å². The van der Waals surface area contributed by atoms with Crippen LogP contribution >= 0.6 is 15.9 Å². The zero-order valence-corrected chi connectivity index (χ0v) is 11.6. The van der Waals surface area contributed by atoms with Crippen LogP contribution in [0.4, 0.5) is 0 Å². The third-order valence-corrected chi connectivity index (χ3v) is 3.28. The number of hydrazine groups is 1. The fourth-order valence-corrected chi connectivity index (χ4v) is 2.27. The lowest BCUT2D eigenvalue weighted by Gasteiger charge is -2.17. The average molecular weight is 311 g/mol. The van der Waals surface area contributed by atoms with Gasteiger partial charge in [-0.3, -0.25) is 10.8 Å². The maximum atomic E-state index is 5.65. The molecule has 0 saturated carbocycles. The van der Waals surface area contributed by atoms with E-state index in [1.165, 1.54) is 0 Å². The average Bonchev–Trinajstić information content (AvgIpc) is 2.82. The fourth-order valence-electron chi connectivity index (χ4n) is 1.79. The summed E-state index contributed by atoms with van der Waals surface area (Å²) in [5, 5.41) is 8.00. The molecule has 7 heteroatoms. The first-order valence-electron chi connectivity index (χ1n) is 5.72. The predicted octanol–water partition coefficient (Wildman–Crippen LogP) is 1.40. The van der Waals surface area contributed by atoms with E-state index in [0.717, 1.165) is 28.8 Å².